The van der Waals surface area contributed by atoms with Gasteiger partial charge in [-0.05, 0) is 37.3 Å². The Labute approximate surface area is 138 Å². The van der Waals surface area contributed by atoms with Crippen LogP contribution in [0.1, 0.15) is 17.3 Å². The molecule has 1 fully saturated rings. The van der Waals surface area contributed by atoms with Crippen molar-refractivity contribution in [3.63, 3.8) is 0 Å². The maximum Gasteiger partial charge on any atom is 0.338 e. The number of rotatable bonds is 4. The van der Waals surface area contributed by atoms with Crippen LogP contribution in [0.15, 0.2) is 48.8 Å². The molecule has 1 saturated heterocycles. The van der Waals surface area contributed by atoms with Gasteiger partial charge in [0.15, 0.2) is 6.10 Å². The number of carbonyl (C=O) groups is 3. The fraction of sp³-hybridized carbons (Fsp3) is 0.235. The molecule has 0 aliphatic carbocycles. The van der Waals surface area contributed by atoms with Crippen LogP contribution in [0.4, 0.5) is 4.79 Å². The first-order chi connectivity index (χ1) is 11.6. The second-order valence-corrected chi connectivity index (χ2v) is 5.41. The zero-order valence-electron chi connectivity index (χ0n) is 13.1. The van der Waals surface area contributed by atoms with Crippen molar-refractivity contribution in [2.75, 3.05) is 13.1 Å². The van der Waals surface area contributed by atoms with Crippen LogP contribution >= 0.6 is 0 Å². The Bertz CT molecular complexity index is 770. The molecule has 1 unspecified atom stereocenters. The summed E-state index contributed by atoms with van der Waals surface area (Å²) in [6.07, 6.45) is 2.70. The molecule has 1 aromatic heterocycles. The van der Waals surface area contributed by atoms with E-state index in [0.29, 0.717) is 12.1 Å². The summed E-state index contributed by atoms with van der Waals surface area (Å²) in [5, 5.41) is 2.54. The molecule has 1 N–H and O–H groups in total. The molecule has 7 heteroatoms. The van der Waals surface area contributed by atoms with Crippen LogP contribution < -0.4 is 5.32 Å². The van der Waals surface area contributed by atoms with E-state index in [9.17, 15) is 14.4 Å². The minimum Gasteiger partial charge on any atom is -0.449 e. The summed E-state index contributed by atoms with van der Waals surface area (Å²) in [6.45, 7) is 2.15. The van der Waals surface area contributed by atoms with E-state index in [4.69, 9.17) is 4.74 Å². The van der Waals surface area contributed by atoms with Gasteiger partial charge in [-0.1, -0.05) is 6.07 Å². The third-order valence-corrected chi connectivity index (χ3v) is 3.74. The second-order valence-electron chi connectivity index (χ2n) is 5.41. The molecule has 1 aliphatic heterocycles. The summed E-state index contributed by atoms with van der Waals surface area (Å²) < 4.78 is 7.07. The number of benzene rings is 1. The van der Waals surface area contributed by atoms with E-state index in [1.165, 1.54) is 6.92 Å². The number of nitrogens with one attached hydrogen (secondary N) is 1. The molecule has 2 aromatic rings. The van der Waals surface area contributed by atoms with Crippen molar-refractivity contribution in [1.82, 2.24) is 14.8 Å². The molecule has 0 bridgehead atoms. The van der Waals surface area contributed by atoms with Crippen molar-refractivity contribution in [3.05, 3.63) is 54.4 Å². The van der Waals surface area contributed by atoms with E-state index < -0.39 is 24.0 Å². The van der Waals surface area contributed by atoms with E-state index in [2.05, 4.69) is 5.32 Å². The zero-order chi connectivity index (χ0) is 17.1. The first kappa shape index (κ1) is 15.8. The quantitative estimate of drug-likeness (QED) is 0.865. The Morgan fingerprint density at radius 1 is 1.21 bits per heavy atom. The molecule has 1 aliphatic rings. The van der Waals surface area contributed by atoms with Gasteiger partial charge in [0.05, 0.1) is 5.56 Å². The summed E-state index contributed by atoms with van der Waals surface area (Å²) in [5.74, 6) is -1.13. The van der Waals surface area contributed by atoms with Gasteiger partial charge in [-0.2, -0.15) is 0 Å². The van der Waals surface area contributed by atoms with Crippen LogP contribution in [0, 0.1) is 0 Å². The molecule has 1 aromatic carbocycles. The van der Waals surface area contributed by atoms with Crippen molar-refractivity contribution in [2.45, 2.75) is 13.0 Å². The summed E-state index contributed by atoms with van der Waals surface area (Å²) in [4.78, 5) is 37.0. The first-order valence-corrected chi connectivity index (χ1v) is 7.60. The molecule has 0 saturated carbocycles. The van der Waals surface area contributed by atoms with Gasteiger partial charge < -0.3 is 14.6 Å². The second kappa shape index (κ2) is 6.57. The Hall–Kier alpha value is -3.09. The Morgan fingerprint density at radius 3 is 2.62 bits per heavy atom. The summed E-state index contributed by atoms with van der Waals surface area (Å²) in [7, 11) is 0. The largest absolute Gasteiger partial charge is 0.449 e. The van der Waals surface area contributed by atoms with Crippen LogP contribution in [-0.4, -0.2) is 46.6 Å². The molecular weight excluding hydrogens is 310 g/mol. The monoisotopic (exact) mass is 327 g/mol. The van der Waals surface area contributed by atoms with Gasteiger partial charge in [0, 0.05) is 31.2 Å². The third kappa shape index (κ3) is 3.15. The number of carbonyl (C=O) groups excluding carboxylic acids is 3. The smallest absolute Gasteiger partial charge is 0.338 e. The minimum atomic E-state index is -1.03. The molecule has 3 rings (SSSR count). The molecule has 0 spiro atoms. The number of hydrogen-bond donors (Lipinski definition) is 1. The number of ether oxygens (including phenoxy) is 1. The van der Waals surface area contributed by atoms with Gasteiger partial charge in [-0.15, -0.1) is 0 Å². The molecule has 2 heterocycles. The third-order valence-electron chi connectivity index (χ3n) is 3.74. The van der Waals surface area contributed by atoms with E-state index >= 15 is 0 Å². The van der Waals surface area contributed by atoms with Crippen molar-refractivity contribution >= 4 is 17.9 Å². The van der Waals surface area contributed by atoms with Crippen molar-refractivity contribution in [3.8, 4) is 5.69 Å². The predicted octanol–water partition coefficient (Wildman–Crippen LogP) is 1.57. The molecule has 24 heavy (non-hydrogen) atoms. The van der Waals surface area contributed by atoms with E-state index in [0.717, 1.165) is 10.6 Å². The van der Waals surface area contributed by atoms with Crippen LogP contribution in [0.5, 0.6) is 0 Å². The number of aromatic nitrogens is 1. The maximum absolute atomic E-state index is 12.3. The first-order valence-electron chi connectivity index (χ1n) is 7.60. The zero-order valence-corrected chi connectivity index (χ0v) is 13.1. The van der Waals surface area contributed by atoms with Crippen LogP contribution in [-0.2, 0) is 9.53 Å². The van der Waals surface area contributed by atoms with Crippen molar-refractivity contribution < 1.29 is 19.1 Å². The predicted molar refractivity (Wildman–Crippen MR) is 85.8 cm³/mol. The van der Waals surface area contributed by atoms with Gasteiger partial charge in [-0.25, -0.2) is 9.59 Å². The van der Waals surface area contributed by atoms with E-state index in [1.54, 1.807) is 18.2 Å². The molecule has 3 amide bonds. The highest BCUT2D eigenvalue weighted by Crippen LogP contribution is 2.13. The van der Waals surface area contributed by atoms with Gasteiger partial charge in [0.1, 0.15) is 0 Å². The number of amides is 3. The molecule has 0 radical (unpaired) electrons. The van der Waals surface area contributed by atoms with E-state index in [1.807, 2.05) is 35.2 Å². The number of hydrogen-bond acceptors (Lipinski definition) is 4. The Kier molecular flexibility index (Phi) is 4.33. The number of nitrogens with zero attached hydrogens (tertiary/aromatic N) is 2. The fourth-order valence-electron chi connectivity index (χ4n) is 2.48. The van der Waals surface area contributed by atoms with Crippen molar-refractivity contribution in [2.24, 2.45) is 0 Å². The SMILES string of the molecule is CC(OC(=O)c1cccc(-n2cccc2)c1)C(=O)N1CCNC1=O. The average molecular weight is 327 g/mol. The number of urea groups is 1. The lowest BCUT2D eigenvalue weighted by Crippen LogP contribution is -2.41. The normalized spacial score (nSPS) is 15.0. The Morgan fingerprint density at radius 2 is 1.96 bits per heavy atom. The van der Waals surface area contributed by atoms with Crippen molar-refractivity contribution in [1.29, 1.82) is 0 Å². The maximum atomic E-state index is 12.3. The van der Waals surface area contributed by atoms with Gasteiger partial charge >= 0.3 is 12.0 Å². The fourth-order valence-corrected chi connectivity index (χ4v) is 2.48. The molecule has 7 nitrogen and oxygen atoms in total. The topological polar surface area (TPSA) is 80.6 Å². The lowest BCUT2D eigenvalue weighted by molar-refractivity contribution is -0.136. The number of esters is 1. The van der Waals surface area contributed by atoms with Gasteiger partial charge in [0.25, 0.3) is 5.91 Å². The lowest BCUT2D eigenvalue weighted by Gasteiger charge is -2.18. The average Bonchev–Trinajstić information content (AvgIpc) is 3.25. The molecule has 1 atom stereocenters. The number of imide groups is 1. The van der Waals surface area contributed by atoms with Gasteiger partial charge in [0.2, 0.25) is 0 Å². The molecule has 124 valence electrons. The lowest BCUT2D eigenvalue weighted by atomic mass is 10.2. The molecular formula is C17H17N3O4. The highest BCUT2D eigenvalue weighted by atomic mass is 16.5. The summed E-state index contributed by atoms with van der Waals surface area (Å²) >= 11 is 0. The van der Waals surface area contributed by atoms with Crippen LogP contribution in [0.3, 0.4) is 0 Å². The van der Waals surface area contributed by atoms with Crippen LogP contribution in [0.2, 0.25) is 0 Å². The van der Waals surface area contributed by atoms with Gasteiger partial charge in [-0.3, -0.25) is 9.69 Å². The standard InChI is InChI=1S/C17H17N3O4/c1-12(15(21)20-10-7-18-17(20)23)24-16(22)13-5-4-6-14(11-13)19-8-2-3-9-19/h2-6,8-9,11-12H,7,10H2,1H3,(H,18,23). The summed E-state index contributed by atoms with van der Waals surface area (Å²) in [5.41, 5.74) is 1.15. The van der Waals surface area contributed by atoms with Crippen LogP contribution in [0.25, 0.3) is 5.69 Å². The highest BCUT2D eigenvalue weighted by molar-refractivity contribution is 5.99. The highest BCUT2D eigenvalue weighted by Gasteiger charge is 2.31. The minimum absolute atomic E-state index is 0.280. The van der Waals surface area contributed by atoms with E-state index in [-0.39, 0.29) is 6.54 Å². The summed E-state index contributed by atoms with van der Waals surface area (Å²) in [6, 6.07) is 10.2. The Balaban J connectivity index is 1.69.